The fraction of sp³-hybridized carbons (Fsp3) is 0.462. The third-order valence-electron chi connectivity index (χ3n) is 2.73. The molecule has 5 N–H and O–H groups in total. The molecule has 0 atom stereocenters. The molecule has 0 aromatic heterocycles. The molecule has 0 saturated heterocycles. The Labute approximate surface area is 125 Å². The summed E-state index contributed by atoms with van der Waals surface area (Å²) in [6.45, 7) is 3.82. The van der Waals surface area contributed by atoms with Crippen molar-refractivity contribution in [2.75, 3.05) is 30.9 Å². The summed E-state index contributed by atoms with van der Waals surface area (Å²) in [5.41, 5.74) is 6.71. The average Bonchev–Trinajstić information content (AvgIpc) is 2.34. The molecule has 1 rings (SSSR count). The maximum atomic E-state index is 11.6. The first-order valence-corrected chi connectivity index (χ1v) is 8.28. The molecule has 0 radical (unpaired) electrons. The highest BCUT2D eigenvalue weighted by molar-refractivity contribution is 7.88. The lowest BCUT2D eigenvalue weighted by molar-refractivity contribution is 0.0963. The molecule has 0 aliphatic heterocycles. The van der Waals surface area contributed by atoms with Crippen molar-refractivity contribution in [3.63, 3.8) is 0 Å². The second-order valence-electron chi connectivity index (χ2n) is 5.49. The predicted molar refractivity (Wildman–Crippen MR) is 84.8 cm³/mol. The van der Waals surface area contributed by atoms with Crippen molar-refractivity contribution in [2.24, 2.45) is 0 Å². The summed E-state index contributed by atoms with van der Waals surface area (Å²) < 4.78 is 25.1. The predicted octanol–water partition coefficient (Wildman–Crippen LogP) is 0.368. The van der Waals surface area contributed by atoms with E-state index in [1.807, 2.05) is 0 Å². The molecule has 0 aliphatic carbocycles. The minimum absolute atomic E-state index is 0.216. The zero-order valence-electron chi connectivity index (χ0n) is 12.6. The van der Waals surface area contributed by atoms with Crippen molar-refractivity contribution < 1.29 is 13.2 Å². The zero-order chi connectivity index (χ0) is 16.3. The molecule has 21 heavy (non-hydrogen) atoms. The molecule has 1 aromatic carbocycles. The first kappa shape index (κ1) is 17.3. The van der Waals surface area contributed by atoms with E-state index < -0.39 is 15.6 Å². The van der Waals surface area contributed by atoms with Gasteiger partial charge in [-0.1, -0.05) is 0 Å². The summed E-state index contributed by atoms with van der Waals surface area (Å²) >= 11 is 0. The minimum atomic E-state index is -3.31. The highest BCUT2D eigenvalue weighted by atomic mass is 32.2. The van der Waals surface area contributed by atoms with Gasteiger partial charge in [0.05, 0.1) is 17.6 Å². The van der Waals surface area contributed by atoms with Gasteiger partial charge in [-0.15, -0.1) is 0 Å². The molecule has 0 heterocycles. The van der Waals surface area contributed by atoms with Gasteiger partial charge in [0.25, 0.3) is 5.91 Å². The van der Waals surface area contributed by atoms with Gasteiger partial charge in [0.2, 0.25) is 10.0 Å². The standard InChI is InChI=1S/C13H22N4O3S/c1-13(2,17-21(4,19)20)8-16-11-7-9(12(18)15-3)5-6-10(11)14/h5-7,16-17H,8,14H2,1-4H3,(H,15,18). The summed E-state index contributed by atoms with van der Waals surface area (Å²) in [4.78, 5) is 11.6. The number of hydrogen-bond acceptors (Lipinski definition) is 5. The van der Waals surface area contributed by atoms with Crippen LogP contribution in [0.2, 0.25) is 0 Å². The number of nitrogen functional groups attached to an aromatic ring is 1. The first-order chi connectivity index (χ1) is 9.54. The highest BCUT2D eigenvalue weighted by Crippen LogP contribution is 2.21. The van der Waals surface area contributed by atoms with Crippen LogP contribution in [0.3, 0.4) is 0 Å². The summed E-state index contributed by atoms with van der Waals surface area (Å²) in [6, 6.07) is 4.88. The number of sulfonamides is 1. The Balaban J connectivity index is 2.86. The van der Waals surface area contributed by atoms with Crippen LogP contribution in [0.25, 0.3) is 0 Å². The molecule has 0 saturated carbocycles. The third kappa shape index (κ3) is 5.60. The van der Waals surface area contributed by atoms with E-state index in [4.69, 9.17) is 5.73 Å². The smallest absolute Gasteiger partial charge is 0.251 e. The second-order valence-corrected chi connectivity index (χ2v) is 7.24. The Morgan fingerprint density at radius 3 is 2.48 bits per heavy atom. The van der Waals surface area contributed by atoms with Crippen LogP contribution in [0.1, 0.15) is 24.2 Å². The van der Waals surface area contributed by atoms with Crippen molar-refractivity contribution in [3.8, 4) is 0 Å². The fourth-order valence-electron chi connectivity index (χ4n) is 1.85. The van der Waals surface area contributed by atoms with Gasteiger partial charge < -0.3 is 16.4 Å². The van der Waals surface area contributed by atoms with E-state index in [-0.39, 0.29) is 5.91 Å². The topological polar surface area (TPSA) is 113 Å². The number of amides is 1. The average molecular weight is 314 g/mol. The monoisotopic (exact) mass is 314 g/mol. The van der Waals surface area contributed by atoms with Gasteiger partial charge in [-0.05, 0) is 32.0 Å². The van der Waals surface area contributed by atoms with Crippen LogP contribution in [0, 0.1) is 0 Å². The molecule has 8 heteroatoms. The first-order valence-electron chi connectivity index (χ1n) is 6.38. The Hall–Kier alpha value is -1.80. The van der Waals surface area contributed by atoms with E-state index in [9.17, 15) is 13.2 Å². The van der Waals surface area contributed by atoms with Crippen LogP contribution in [0.4, 0.5) is 11.4 Å². The van der Waals surface area contributed by atoms with Gasteiger partial charge in [-0.2, -0.15) is 0 Å². The van der Waals surface area contributed by atoms with Gasteiger partial charge >= 0.3 is 0 Å². The van der Waals surface area contributed by atoms with Gasteiger partial charge in [0, 0.05) is 24.7 Å². The van der Waals surface area contributed by atoms with Gasteiger partial charge in [0.1, 0.15) is 0 Å². The Morgan fingerprint density at radius 1 is 1.33 bits per heavy atom. The van der Waals surface area contributed by atoms with E-state index in [1.54, 1.807) is 39.1 Å². The van der Waals surface area contributed by atoms with Crippen LogP contribution in [0.15, 0.2) is 18.2 Å². The van der Waals surface area contributed by atoms with Crippen molar-refractivity contribution >= 4 is 27.3 Å². The van der Waals surface area contributed by atoms with Crippen LogP contribution in [-0.2, 0) is 10.0 Å². The van der Waals surface area contributed by atoms with Crippen molar-refractivity contribution in [1.82, 2.24) is 10.0 Å². The van der Waals surface area contributed by atoms with E-state index in [2.05, 4.69) is 15.4 Å². The Kier molecular flexibility index (Phi) is 5.19. The summed E-state index contributed by atoms with van der Waals surface area (Å²) in [5, 5.41) is 5.60. The van der Waals surface area contributed by atoms with Crippen molar-refractivity contribution in [3.05, 3.63) is 23.8 Å². The number of carbonyl (C=O) groups is 1. The zero-order valence-corrected chi connectivity index (χ0v) is 13.5. The second kappa shape index (κ2) is 6.31. The Morgan fingerprint density at radius 2 is 1.95 bits per heavy atom. The van der Waals surface area contributed by atoms with Crippen LogP contribution in [-0.4, -0.2) is 39.7 Å². The van der Waals surface area contributed by atoms with Crippen LogP contribution >= 0.6 is 0 Å². The molecule has 0 fully saturated rings. The molecule has 7 nitrogen and oxygen atoms in total. The summed E-state index contributed by atoms with van der Waals surface area (Å²) in [7, 11) is -1.76. The number of nitrogens with two attached hydrogens (primary N) is 1. The fourth-order valence-corrected chi connectivity index (χ4v) is 2.93. The lowest BCUT2D eigenvalue weighted by atomic mass is 10.1. The van der Waals surface area contributed by atoms with Crippen molar-refractivity contribution in [2.45, 2.75) is 19.4 Å². The van der Waals surface area contributed by atoms with E-state index in [1.165, 1.54) is 0 Å². The van der Waals surface area contributed by atoms with Gasteiger partial charge in [0.15, 0.2) is 0 Å². The Bertz CT molecular complexity index is 626. The molecule has 1 aromatic rings. The maximum Gasteiger partial charge on any atom is 0.251 e. The molecule has 0 unspecified atom stereocenters. The van der Waals surface area contributed by atoms with E-state index in [0.29, 0.717) is 23.5 Å². The molecule has 0 bridgehead atoms. The number of nitrogens with one attached hydrogen (secondary N) is 3. The molecule has 0 aliphatic rings. The van der Waals surface area contributed by atoms with Crippen LogP contribution in [0.5, 0.6) is 0 Å². The maximum absolute atomic E-state index is 11.6. The number of hydrogen-bond donors (Lipinski definition) is 4. The summed E-state index contributed by atoms with van der Waals surface area (Å²) in [6.07, 6.45) is 1.11. The molecule has 1 amide bonds. The normalized spacial score (nSPS) is 12.0. The molecular weight excluding hydrogens is 292 g/mol. The summed E-state index contributed by atoms with van der Waals surface area (Å²) in [5.74, 6) is -0.216. The van der Waals surface area contributed by atoms with Gasteiger partial charge in [-0.25, -0.2) is 13.1 Å². The highest BCUT2D eigenvalue weighted by Gasteiger charge is 2.22. The molecule has 118 valence electrons. The quantitative estimate of drug-likeness (QED) is 0.567. The van der Waals surface area contributed by atoms with Crippen molar-refractivity contribution in [1.29, 1.82) is 0 Å². The van der Waals surface area contributed by atoms with Crippen LogP contribution < -0.4 is 21.1 Å². The minimum Gasteiger partial charge on any atom is -0.397 e. The largest absolute Gasteiger partial charge is 0.397 e. The lowest BCUT2D eigenvalue weighted by Crippen LogP contribution is -2.47. The van der Waals surface area contributed by atoms with E-state index in [0.717, 1.165) is 6.26 Å². The number of rotatable bonds is 6. The lowest BCUT2D eigenvalue weighted by Gasteiger charge is -2.26. The molecule has 0 spiro atoms. The molecular formula is C13H22N4O3S. The third-order valence-corrected chi connectivity index (χ3v) is 3.65. The van der Waals surface area contributed by atoms with Gasteiger partial charge in [-0.3, -0.25) is 4.79 Å². The number of anilines is 2. The number of carbonyl (C=O) groups excluding carboxylic acids is 1. The SMILES string of the molecule is CNC(=O)c1ccc(N)c(NCC(C)(C)NS(C)(=O)=O)c1. The number of benzene rings is 1. The van der Waals surface area contributed by atoms with E-state index >= 15 is 0 Å².